The molecule has 144 valence electrons. The van der Waals surface area contributed by atoms with Crippen molar-refractivity contribution in [3.8, 4) is 5.75 Å². The second-order valence-corrected chi connectivity index (χ2v) is 6.65. The number of rotatable bonds is 9. The average molecular weight is 368 g/mol. The minimum atomic E-state index is -0.130. The van der Waals surface area contributed by atoms with Crippen LogP contribution in [0.3, 0.4) is 0 Å². The van der Waals surface area contributed by atoms with Crippen molar-refractivity contribution < 1.29 is 14.3 Å². The molecule has 0 aliphatic carbocycles. The lowest BCUT2D eigenvalue weighted by atomic mass is 10.1. The van der Waals surface area contributed by atoms with Gasteiger partial charge in [0, 0.05) is 25.1 Å². The van der Waals surface area contributed by atoms with Crippen LogP contribution in [-0.4, -0.2) is 31.5 Å². The Hall–Kier alpha value is -2.82. The van der Waals surface area contributed by atoms with E-state index in [1.54, 1.807) is 6.07 Å². The third-order valence-corrected chi connectivity index (χ3v) is 4.22. The van der Waals surface area contributed by atoms with Crippen LogP contribution in [0, 0.1) is 20.8 Å². The Balaban J connectivity index is 1.59. The van der Waals surface area contributed by atoms with Crippen molar-refractivity contribution in [1.29, 1.82) is 0 Å². The summed E-state index contributed by atoms with van der Waals surface area (Å²) in [6.07, 6.45) is 1.05. The van der Waals surface area contributed by atoms with E-state index in [4.69, 9.17) is 4.74 Å². The van der Waals surface area contributed by atoms with Gasteiger partial charge in [0.25, 0.3) is 5.91 Å². The van der Waals surface area contributed by atoms with E-state index >= 15 is 0 Å². The molecule has 0 aliphatic heterocycles. The van der Waals surface area contributed by atoms with E-state index < -0.39 is 0 Å². The number of aryl methyl sites for hydroxylation is 3. The quantitative estimate of drug-likeness (QED) is 0.667. The fourth-order valence-corrected chi connectivity index (χ4v) is 2.79. The van der Waals surface area contributed by atoms with Crippen molar-refractivity contribution >= 4 is 11.8 Å². The molecule has 2 amide bonds. The van der Waals surface area contributed by atoms with Crippen LogP contribution in [0.25, 0.3) is 0 Å². The van der Waals surface area contributed by atoms with Crippen LogP contribution < -0.4 is 15.4 Å². The van der Waals surface area contributed by atoms with Crippen molar-refractivity contribution in [2.45, 2.75) is 33.6 Å². The minimum Gasteiger partial charge on any atom is -0.493 e. The summed E-state index contributed by atoms with van der Waals surface area (Å²) < 4.78 is 5.80. The molecule has 0 saturated carbocycles. The molecular formula is C22H28N2O3. The lowest BCUT2D eigenvalue weighted by Crippen LogP contribution is -2.34. The van der Waals surface area contributed by atoms with Gasteiger partial charge in [-0.2, -0.15) is 0 Å². The van der Waals surface area contributed by atoms with Crippen molar-refractivity contribution in [2.75, 3.05) is 19.7 Å². The molecule has 5 nitrogen and oxygen atoms in total. The Kier molecular flexibility index (Phi) is 7.86. The zero-order valence-electron chi connectivity index (χ0n) is 16.3. The summed E-state index contributed by atoms with van der Waals surface area (Å²) in [7, 11) is 0. The van der Waals surface area contributed by atoms with Crippen LogP contribution in [0.2, 0.25) is 0 Å². The molecule has 0 heterocycles. The fourth-order valence-electron chi connectivity index (χ4n) is 2.79. The summed E-state index contributed by atoms with van der Waals surface area (Å²) in [5.41, 5.74) is 3.87. The van der Waals surface area contributed by atoms with Crippen molar-refractivity contribution in [3.63, 3.8) is 0 Å². The monoisotopic (exact) mass is 368 g/mol. The molecule has 2 aromatic rings. The number of nitrogens with one attached hydrogen (secondary N) is 2. The maximum atomic E-state index is 12.0. The molecule has 0 aromatic heterocycles. The summed E-state index contributed by atoms with van der Waals surface area (Å²) in [5, 5.41) is 5.62. The highest BCUT2D eigenvalue weighted by Gasteiger charge is 2.06. The fraction of sp³-hybridized carbons (Fsp3) is 0.364. The lowest BCUT2D eigenvalue weighted by molar-refractivity contribution is -0.121. The first-order chi connectivity index (χ1) is 13.0. The summed E-state index contributed by atoms with van der Waals surface area (Å²) >= 11 is 0. The largest absolute Gasteiger partial charge is 0.493 e. The molecule has 5 heteroatoms. The van der Waals surface area contributed by atoms with E-state index in [0.29, 0.717) is 38.1 Å². The Bertz CT molecular complexity index is 767. The van der Waals surface area contributed by atoms with Gasteiger partial charge in [-0.05, 0) is 50.5 Å². The van der Waals surface area contributed by atoms with E-state index in [1.165, 1.54) is 0 Å². The molecule has 2 N–H and O–H groups in total. The number of benzene rings is 2. The third kappa shape index (κ3) is 6.77. The SMILES string of the molecule is Cc1cccc(C(=O)NCCNC(=O)CCCOc2c(C)cccc2C)c1. The first-order valence-corrected chi connectivity index (χ1v) is 9.28. The Labute approximate surface area is 161 Å². The van der Waals surface area contributed by atoms with Gasteiger partial charge in [-0.25, -0.2) is 0 Å². The molecule has 0 saturated heterocycles. The first kappa shape index (κ1) is 20.5. The number of carbonyl (C=O) groups is 2. The molecule has 0 spiro atoms. The molecule has 0 radical (unpaired) electrons. The summed E-state index contributed by atoms with van der Waals surface area (Å²) in [4.78, 5) is 23.9. The van der Waals surface area contributed by atoms with E-state index in [1.807, 2.05) is 57.2 Å². The number of hydrogen-bond donors (Lipinski definition) is 2. The summed E-state index contributed by atoms with van der Waals surface area (Å²) in [6.45, 7) is 7.29. The molecule has 0 atom stereocenters. The normalized spacial score (nSPS) is 10.3. The van der Waals surface area contributed by atoms with Crippen molar-refractivity contribution in [2.24, 2.45) is 0 Å². The van der Waals surface area contributed by atoms with Crippen LogP contribution in [0.1, 0.15) is 39.9 Å². The number of ether oxygens (including phenoxy) is 1. The van der Waals surface area contributed by atoms with Crippen LogP contribution >= 0.6 is 0 Å². The van der Waals surface area contributed by atoms with Crippen molar-refractivity contribution in [3.05, 3.63) is 64.7 Å². The topological polar surface area (TPSA) is 67.4 Å². The Morgan fingerprint density at radius 1 is 0.926 bits per heavy atom. The van der Waals surface area contributed by atoms with Gasteiger partial charge in [0.15, 0.2) is 0 Å². The van der Waals surface area contributed by atoms with Crippen molar-refractivity contribution in [1.82, 2.24) is 10.6 Å². The van der Waals surface area contributed by atoms with Gasteiger partial charge in [0.05, 0.1) is 6.61 Å². The summed E-state index contributed by atoms with van der Waals surface area (Å²) in [6, 6.07) is 13.4. The Morgan fingerprint density at radius 2 is 1.59 bits per heavy atom. The van der Waals surface area contributed by atoms with E-state index in [0.717, 1.165) is 22.4 Å². The molecule has 0 aliphatic rings. The molecular weight excluding hydrogens is 340 g/mol. The van der Waals surface area contributed by atoms with Crippen LogP contribution in [0.5, 0.6) is 5.75 Å². The van der Waals surface area contributed by atoms with Crippen LogP contribution in [0.15, 0.2) is 42.5 Å². The van der Waals surface area contributed by atoms with E-state index in [-0.39, 0.29) is 11.8 Å². The van der Waals surface area contributed by atoms with Crippen LogP contribution in [0.4, 0.5) is 0 Å². The standard InChI is InChI=1S/C22H28N2O3/c1-16-7-4-10-19(15-16)22(26)24-13-12-23-20(25)11-6-14-27-21-17(2)8-5-9-18(21)3/h4-5,7-10,15H,6,11-14H2,1-3H3,(H,23,25)(H,24,26). The predicted molar refractivity (Wildman–Crippen MR) is 107 cm³/mol. The number of carbonyl (C=O) groups excluding carboxylic acids is 2. The van der Waals surface area contributed by atoms with E-state index in [2.05, 4.69) is 10.6 Å². The zero-order chi connectivity index (χ0) is 19.6. The maximum Gasteiger partial charge on any atom is 0.251 e. The molecule has 2 aromatic carbocycles. The number of amides is 2. The van der Waals surface area contributed by atoms with Gasteiger partial charge in [-0.3, -0.25) is 9.59 Å². The van der Waals surface area contributed by atoms with Gasteiger partial charge < -0.3 is 15.4 Å². The maximum absolute atomic E-state index is 12.0. The highest BCUT2D eigenvalue weighted by Crippen LogP contribution is 2.22. The van der Waals surface area contributed by atoms with E-state index in [9.17, 15) is 9.59 Å². The molecule has 2 rings (SSSR count). The molecule has 0 unspecified atom stereocenters. The first-order valence-electron chi connectivity index (χ1n) is 9.28. The number of hydrogen-bond acceptors (Lipinski definition) is 3. The van der Waals surface area contributed by atoms with Gasteiger partial charge in [0.1, 0.15) is 5.75 Å². The summed E-state index contributed by atoms with van der Waals surface area (Å²) in [5.74, 6) is 0.733. The smallest absolute Gasteiger partial charge is 0.251 e. The molecule has 0 bridgehead atoms. The van der Waals surface area contributed by atoms with Gasteiger partial charge >= 0.3 is 0 Å². The minimum absolute atomic E-state index is 0.0371. The van der Waals surface area contributed by atoms with Gasteiger partial charge in [-0.15, -0.1) is 0 Å². The van der Waals surface area contributed by atoms with Crippen LogP contribution in [-0.2, 0) is 4.79 Å². The third-order valence-electron chi connectivity index (χ3n) is 4.22. The molecule has 0 fully saturated rings. The highest BCUT2D eigenvalue weighted by molar-refractivity contribution is 5.94. The highest BCUT2D eigenvalue weighted by atomic mass is 16.5. The second-order valence-electron chi connectivity index (χ2n) is 6.65. The second kappa shape index (κ2) is 10.4. The molecule has 27 heavy (non-hydrogen) atoms. The predicted octanol–water partition coefficient (Wildman–Crippen LogP) is 3.32. The Morgan fingerprint density at radius 3 is 2.30 bits per heavy atom. The lowest BCUT2D eigenvalue weighted by Gasteiger charge is -2.12. The zero-order valence-corrected chi connectivity index (χ0v) is 16.3. The average Bonchev–Trinajstić information content (AvgIpc) is 2.64. The number of para-hydroxylation sites is 1. The van der Waals surface area contributed by atoms with Gasteiger partial charge in [-0.1, -0.05) is 35.9 Å². The van der Waals surface area contributed by atoms with Gasteiger partial charge in [0.2, 0.25) is 5.91 Å².